The molecule has 0 radical (unpaired) electrons. The number of furan rings is 1. The van der Waals surface area contributed by atoms with E-state index >= 15 is 0 Å². The molecular weight excluding hydrogens is 625 g/mol. The lowest BCUT2D eigenvalue weighted by molar-refractivity contribution is 0.663. The zero-order valence-corrected chi connectivity index (χ0v) is 28.1. The molecule has 1 aliphatic carbocycles. The molecule has 11 rings (SSSR count). The van der Waals surface area contributed by atoms with Gasteiger partial charge in [-0.25, -0.2) is 4.98 Å². The predicted octanol–water partition coefficient (Wildman–Crippen LogP) is 11.7. The van der Waals surface area contributed by atoms with E-state index in [1.165, 1.54) is 33.0 Å². The predicted molar refractivity (Wildman–Crippen MR) is 207 cm³/mol. The Kier molecular flexibility index (Phi) is 5.66. The zero-order valence-electron chi connectivity index (χ0n) is 28.1. The Bertz CT molecular complexity index is 3060. The fourth-order valence-electron chi connectivity index (χ4n) is 8.52. The van der Waals surface area contributed by atoms with Gasteiger partial charge < -0.3 is 4.42 Å². The smallest absolute Gasteiger partial charge is 0.238 e. The van der Waals surface area contributed by atoms with E-state index in [0.717, 1.165) is 54.9 Å². The van der Waals surface area contributed by atoms with Gasteiger partial charge in [-0.05, 0) is 57.3 Å². The molecule has 0 fully saturated rings. The van der Waals surface area contributed by atoms with E-state index in [4.69, 9.17) is 19.4 Å². The van der Waals surface area contributed by atoms with Gasteiger partial charge in [0.2, 0.25) is 5.95 Å². The second kappa shape index (κ2) is 10.2. The van der Waals surface area contributed by atoms with Crippen molar-refractivity contribution in [2.24, 2.45) is 0 Å². The van der Waals surface area contributed by atoms with Gasteiger partial charge in [-0.15, -0.1) is 0 Å². The SMILES string of the molecule is CC1(C)c2ccccc2-c2ccc3c4ccccc4n(-c4nc(-c5ccccc5)nc(-c5ccc6c(ccc7oc8ccccc8c76)c5)n4)c3c21. The molecule has 3 heterocycles. The van der Waals surface area contributed by atoms with Crippen LogP contribution in [0.5, 0.6) is 0 Å². The summed E-state index contributed by atoms with van der Waals surface area (Å²) in [6.45, 7) is 4.67. The number of hydrogen-bond donors (Lipinski definition) is 0. The van der Waals surface area contributed by atoms with Crippen molar-refractivity contribution < 1.29 is 4.42 Å². The topological polar surface area (TPSA) is 56.7 Å². The second-order valence-electron chi connectivity index (χ2n) is 14.0. The van der Waals surface area contributed by atoms with Crippen molar-refractivity contribution in [3.63, 3.8) is 0 Å². The maximum Gasteiger partial charge on any atom is 0.238 e. The summed E-state index contributed by atoms with van der Waals surface area (Å²) in [5, 5.41) is 6.84. The zero-order chi connectivity index (χ0) is 33.8. The highest BCUT2D eigenvalue weighted by Gasteiger charge is 2.38. The number of fused-ring (bicyclic) bond motifs is 12. The maximum atomic E-state index is 6.20. The van der Waals surface area contributed by atoms with Crippen molar-refractivity contribution in [1.29, 1.82) is 0 Å². The third kappa shape index (κ3) is 3.94. The quantitative estimate of drug-likeness (QED) is 0.190. The van der Waals surface area contributed by atoms with Gasteiger partial charge in [0.25, 0.3) is 0 Å². The molecule has 240 valence electrons. The van der Waals surface area contributed by atoms with Gasteiger partial charge in [0.15, 0.2) is 11.6 Å². The summed E-state index contributed by atoms with van der Waals surface area (Å²) in [7, 11) is 0. The van der Waals surface area contributed by atoms with E-state index in [2.05, 4.69) is 134 Å². The van der Waals surface area contributed by atoms with Crippen molar-refractivity contribution in [2.75, 3.05) is 0 Å². The van der Waals surface area contributed by atoms with Gasteiger partial charge in [0.1, 0.15) is 11.2 Å². The molecular formula is C46H30N4O. The molecule has 7 aromatic carbocycles. The van der Waals surface area contributed by atoms with E-state index in [1.807, 2.05) is 30.3 Å². The summed E-state index contributed by atoms with van der Waals surface area (Å²) < 4.78 is 8.47. The van der Waals surface area contributed by atoms with Crippen LogP contribution in [0, 0.1) is 0 Å². The number of benzene rings is 7. The Morgan fingerprint density at radius 1 is 0.529 bits per heavy atom. The number of nitrogens with zero attached hydrogens (tertiary/aromatic N) is 4. The summed E-state index contributed by atoms with van der Waals surface area (Å²) in [6.07, 6.45) is 0. The van der Waals surface area contributed by atoms with Gasteiger partial charge in [-0.2, -0.15) is 9.97 Å². The first-order chi connectivity index (χ1) is 25.0. The highest BCUT2D eigenvalue weighted by molar-refractivity contribution is 6.19. The summed E-state index contributed by atoms with van der Waals surface area (Å²) in [6, 6.07) is 51.1. The second-order valence-corrected chi connectivity index (χ2v) is 14.0. The van der Waals surface area contributed by atoms with Gasteiger partial charge in [-0.1, -0.05) is 135 Å². The summed E-state index contributed by atoms with van der Waals surface area (Å²) >= 11 is 0. The Morgan fingerprint density at radius 3 is 2.14 bits per heavy atom. The van der Waals surface area contributed by atoms with Gasteiger partial charge in [-0.3, -0.25) is 4.57 Å². The van der Waals surface area contributed by atoms with E-state index in [-0.39, 0.29) is 5.41 Å². The van der Waals surface area contributed by atoms with Crippen LogP contribution in [-0.4, -0.2) is 19.5 Å². The highest BCUT2D eigenvalue weighted by Crippen LogP contribution is 2.52. The van der Waals surface area contributed by atoms with E-state index in [1.54, 1.807) is 0 Å². The molecule has 0 spiro atoms. The van der Waals surface area contributed by atoms with Crippen LogP contribution in [0.25, 0.3) is 94.4 Å². The first kappa shape index (κ1) is 28.3. The molecule has 1 aliphatic rings. The molecule has 5 heteroatoms. The Hall–Kier alpha value is -6.59. The fraction of sp³-hybridized carbons (Fsp3) is 0.0652. The molecule has 0 aliphatic heterocycles. The number of hydrogen-bond acceptors (Lipinski definition) is 4. The average Bonchev–Trinajstić information content (AvgIpc) is 3.80. The lowest BCUT2D eigenvalue weighted by atomic mass is 9.81. The molecule has 0 atom stereocenters. The Morgan fingerprint density at radius 2 is 1.25 bits per heavy atom. The van der Waals surface area contributed by atoms with E-state index in [0.29, 0.717) is 17.6 Å². The van der Waals surface area contributed by atoms with Crippen molar-refractivity contribution in [2.45, 2.75) is 19.3 Å². The van der Waals surface area contributed by atoms with Crippen LogP contribution in [-0.2, 0) is 5.41 Å². The molecule has 3 aromatic heterocycles. The fourth-order valence-corrected chi connectivity index (χ4v) is 8.52. The molecule has 0 saturated carbocycles. The number of para-hydroxylation sites is 2. The molecule has 0 N–H and O–H groups in total. The van der Waals surface area contributed by atoms with E-state index in [9.17, 15) is 0 Å². The number of aromatic nitrogens is 4. The summed E-state index contributed by atoms with van der Waals surface area (Å²) in [5.41, 5.74) is 10.8. The lowest BCUT2D eigenvalue weighted by Crippen LogP contribution is -2.17. The monoisotopic (exact) mass is 654 g/mol. The van der Waals surface area contributed by atoms with Crippen LogP contribution in [0.15, 0.2) is 150 Å². The van der Waals surface area contributed by atoms with Crippen molar-refractivity contribution in [3.8, 4) is 39.9 Å². The minimum Gasteiger partial charge on any atom is -0.456 e. The summed E-state index contributed by atoms with van der Waals surface area (Å²) in [5.74, 6) is 1.86. The molecule has 0 bridgehead atoms. The average molecular weight is 655 g/mol. The van der Waals surface area contributed by atoms with Crippen LogP contribution in [0.4, 0.5) is 0 Å². The van der Waals surface area contributed by atoms with Gasteiger partial charge in [0.05, 0.1) is 11.0 Å². The summed E-state index contributed by atoms with van der Waals surface area (Å²) in [4.78, 5) is 15.7. The standard InChI is InChI=1S/C46H30N4O/c1-46(2)36-17-9-6-14-31(36)33-23-24-34-32-15-7-10-18-37(32)50(42(34)41(33)46)45-48-43(27-12-4-3-5-13-27)47-44(49-45)29-20-22-30-28(26-29)21-25-39-40(30)35-16-8-11-19-38(35)51-39/h3-26H,1-2H3. The van der Waals surface area contributed by atoms with Crippen LogP contribution >= 0.6 is 0 Å². The van der Waals surface area contributed by atoms with Crippen molar-refractivity contribution in [3.05, 3.63) is 157 Å². The molecule has 0 unspecified atom stereocenters. The highest BCUT2D eigenvalue weighted by atomic mass is 16.3. The number of rotatable bonds is 3. The third-order valence-corrected chi connectivity index (χ3v) is 10.8. The first-order valence-electron chi connectivity index (χ1n) is 17.4. The molecule has 51 heavy (non-hydrogen) atoms. The van der Waals surface area contributed by atoms with Crippen LogP contribution in [0.1, 0.15) is 25.0 Å². The minimum absolute atomic E-state index is 0.226. The molecule has 10 aromatic rings. The lowest BCUT2D eigenvalue weighted by Gasteiger charge is -2.23. The molecule has 0 amide bonds. The van der Waals surface area contributed by atoms with Gasteiger partial charge in [0, 0.05) is 38.1 Å². The normalized spacial score (nSPS) is 13.5. The van der Waals surface area contributed by atoms with Crippen molar-refractivity contribution >= 4 is 54.5 Å². The Balaban J connectivity index is 1.20. The molecule has 5 nitrogen and oxygen atoms in total. The van der Waals surface area contributed by atoms with E-state index < -0.39 is 0 Å². The van der Waals surface area contributed by atoms with Crippen LogP contribution in [0.2, 0.25) is 0 Å². The first-order valence-corrected chi connectivity index (χ1v) is 17.4. The van der Waals surface area contributed by atoms with Gasteiger partial charge >= 0.3 is 0 Å². The minimum atomic E-state index is -0.226. The third-order valence-electron chi connectivity index (χ3n) is 10.8. The van der Waals surface area contributed by atoms with Crippen molar-refractivity contribution in [1.82, 2.24) is 19.5 Å². The molecule has 0 saturated heterocycles. The van der Waals surface area contributed by atoms with Crippen LogP contribution < -0.4 is 0 Å². The Labute approximate surface area is 293 Å². The maximum absolute atomic E-state index is 6.20. The van der Waals surface area contributed by atoms with Crippen LogP contribution in [0.3, 0.4) is 0 Å². The largest absolute Gasteiger partial charge is 0.456 e.